The molecule has 0 bridgehead atoms. The van der Waals surface area contributed by atoms with Crippen molar-refractivity contribution in [3.63, 3.8) is 0 Å². The second-order valence-corrected chi connectivity index (χ2v) is 6.04. The maximum atomic E-state index is 14.0. The third-order valence-corrected chi connectivity index (χ3v) is 4.50. The van der Waals surface area contributed by atoms with Crippen molar-refractivity contribution in [2.75, 3.05) is 5.32 Å². The summed E-state index contributed by atoms with van der Waals surface area (Å²) in [5.74, 6) is -0.591. The largest absolute Gasteiger partial charge is 0.377 e. The summed E-state index contributed by atoms with van der Waals surface area (Å²) in [5, 5.41) is 14.1. The Balaban J connectivity index is 1.83. The Kier molecular flexibility index (Phi) is 3.44. The van der Waals surface area contributed by atoms with E-state index < -0.39 is 12.1 Å². The Hall–Kier alpha value is -2.90. The van der Waals surface area contributed by atoms with Crippen molar-refractivity contribution >= 4 is 17.1 Å². The highest BCUT2D eigenvalue weighted by molar-refractivity contribution is 6.02. The van der Waals surface area contributed by atoms with E-state index in [4.69, 9.17) is 5.73 Å². The van der Waals surface area contributed by atoms with Gasteiger partial charge in [0.25, 0.3) is 5.91 Å². The number of alkyl halides is 1. The van der Waals surface area contributed by atoms with Crippen LogP contribution in [0, 0.1) is 0 Å². The predicted octanol–water partition coefficient (Wildman–Crippen LogP) is 2.13. The molecule has 3 aromatic rings. The standard InChI is InChI=1S/C16H17FN6O/c17-12-2-1-3-13(12)22-15-11(16(18)24)7-21-23-8-9(4-14(15)23)10-5-19-20-6-10/h4-8,12-13,22H,1-3H2,(H2,18,24)(H,19,20)/t12-,13+/m0/s1. The zero-order chi connectivity index (χ0) is 16.7. The van der Waals surface area contributed by atoms with E-state index in [0.717, 1.165) is 24.0 Å². The Bertz CT molecular complexity index is 887. The molecular weight excluding hydrogens is 311 g/mol. The summed E-state index contributed by atoms with van der Waals surface area (Å²) < 4.78 is 15.7. The monoisotopic (exact) mass is 328 g/mol. The Morgan fingerprint density at radius 1 is 1.38 bits per heavy atom. The fourth-order valence-electron chi connectivity index (χ4n) is 3.22. The first-order chi connectivity index (χ1) is 11.6. The van der Waals surface area contributed by atoms with Crippen molar-refractivity contribution < 1.29 is 9.18 Å². The highest BCUT2D eigenvalue weighted by Gasteiger charge is 2.28. The summed E-state index contributed by atoms with van der Waals surface area (Å²) in [6, 6.07) is 1.57. The van der Waals surface area contributed by atoms with Crippen LogP contribution >= 0.6 is 0 Å². The number of aromatic nitrogens is 4. The van der Waals surface area contributed by atoms with Gasteiger partial charge < -0.3 is 11.1 Å². The molecule has 1 amide bonds. The predicted molar refractivity (Wildman–Crippen MR) is 87.4 cm³/mol. The number of H-pyrrole nitrogens is 1. The Morgan fingerprint density at radius 2 is 2.25 bits per heavy atom. The molecule has 1 aliphatic rings. The molecule has 0 radical (unpaired) electrons. The molecule has 7 nitrogen and oxygen atoms in total. The zero-order valence-electron chi connectivity index (χ0n) is 12.9. The van der Waals surface area contributed by atoms with Gasteiger partial charge >= 0.3 is 0 Å². The first kappa shape index (κ1) is 14.7. The van der Waals surface area contributed by atoms with Crippen molar-refractivity contribution in [2.24, 2.45) is 5.73 Å². The number of nitrogens with two attached hydrogens (primary N) is 1. The van der Waals surface area contributed by atoms with Crippen LogP contribution in [0.3, 0.4) is 0 Å². The van der Waals surface area contributed by atoms with Crippen LogP contribution in [0.4, 0.5) is 10.1 Å². The molecule has 3 heterocycles. The van der Waals surface area contributed by atoms with Crippen LogP contribution in [0.2, 0.25) is 0 Å². The molecule has 4 rings (SSSR count). The third kappa shape index (κ3) is 2.40. The molecule has 4 N–H and O–H groups in total. The molecular formula is C16H17FN6O. The first-order valence-electron chi connectivity index (χ1n) is 7.84. The molecule has 2 atom stereocenters. The second-order valence-electron chi connectivity index (χ2n) is 6.04. The van der Waals surface area contributed by atoms with E-state index in [9.17, 15) is 9.18 Å². The maximum Gasteiger partial charge on any atom is 0.252 e. The van der Waals surface area contributed by atoms with Crippen LogP contribution in [0.25, 0.3) is 16.6 Å². The zero-order valence-corrected chi connectivity index (χ0v) is 12.9. The first-order valence-corrected chi connectivity index (χ1v) is 7.84. The van der Waals surface area contributed by atoms with Gasteiger partial charge in [-0.1, -0.05) is 0 Å². The van der Waals surface area contributed by atoms with Crippen LogP contribution in [0.1, 0.15) is 29.6 Å². The van der Waals surface area contributed by atoms with Gasteiger partial charge in [0.1, 0.15) is 6.17 Å². The number of hydrogen-bond acceptors (Lipinski definition) is 4. The summed E-state index contributed by atoms with van der Waals surface area (Å²) in [6.45, 7) is 0. The minimum atomic E-state index is -0.928. The van der Waals surface area contributed by atoms with Crippen molar-refractivity contribution in [3.05, 3.63) is 36.4 Å². The lowest BCUT2D eigenvalue weighted by Gasteiger charge is -2.19. The van der Waals surface area contributed by atoms with Gasteiger partial charge in [-0.05, 0) is 25.3 Å². The van der Waals surface area contributed by atoms with Crippen molar-refractivity contribution in [3.8, 4) is 11.1 Å². The number of carbonyl (C=O) groups is 1. The summed E-state index contributed by atoms with van der Waals surface area (Å²) in [4.78, 5) is 11.8. The van der Waals surface area contributed by atoms with Gasteiger partial charge in [0.05, 0.1) is 35.2 Å². The minimum Gasteiger partial charge on any atom is -0.377 e. The van der Waals surface area contributed by atoms with Crippen molar-refractivity contribution in [1.29, 1.82) is 0 Å². The highest BCUT2D eigenvalue weighted by Crippen LogP contribution is 2.31. The van der Waals surface area contributed by atoms with Crippen molar-refractivity contribution in [2.45, 2.75) is 31.5 Å². The molecule has 24 heavy (non-hydrogen) atoms. The molecule has 1 saturated carbocycles. The normalized spacial score (nSPS) is 20.5. The Labute approximate surface area is 137 Å². The molecule has 0 aliphatic heterocycles. The maximum absolute atomic E-state index is 14.0. The number of nitrogens with zero attached hydrogens (tertiary/aromatic N) is 3. The SMILES string of the molecule is NC(=O)c1cnn2cc(-c3cn[nH]c3)cc2c1N[C@@H]1CCC[C@@H]1F. The second kappa shape index (κ2) is 5.63. The summed E-state index contributed by atoms with van der Waals surface area (Å²) in [6.07, 6.45) is 7.87. The number of anilines is 1. The lowest BCUT2D eigenvalue weighted by atomic mass is 10.1. The van der Waals surface area contributed by atoms with E-state index >= 15 is 0 Å². The molecule has 1 fully saturated rings. The van der Waals surface area contributed by atoms with E-state index in [1.165, 1.54) is 6.20 Å². The van der Waals surface area contributed by atoms with Crippen LogP contribution in [-0.2, 0) is 0 Å². The molecule has 0 saturated heterocycles. The fraction of sp³-hybridized carbons (Fsp3) is 0.312. The van der Waals surface area contributed by atoms with Gasteiger partial charge in [0.2, 0.25) is 0 Å². The van der Waals surface area contributed by atoms with Gasteiger partial charge in [-0.25, -0.2) is 8.91 Å². The van der Waals surface area contributed by atoms with Crippen LogP contribution in [0.5, 0.6) is 0 Å². The van der Waals surface area contributed by atoms with Crippen LogP contribution < -0.4 is 11.1 Å². The number of primary amides is 1. The fourth-order valence-corrected chi connectivity index (χ4v) is 3.22. The summed E-state index contributed by atoms with van der Waals surface area (Å²) in [5.41, 5.74) is 8.74. The Morgan fingerprint density at radius 3 is 2.92 bits per heavy atom. The summed E-state index contributed by atoms with van der Waals surface area (Å²) in [7, 11) is 0. The number of aromatic amines is 1. The number of hydrogen-bond donors (Lipinski definition) is 3. The van der Waals surface area contributed by atoms with Gasteiger partial charge in [-0.2, -0.15) is 10.2 Å². The molecule has 0 unspecified atom stereocenters. The lowest BCUT2D eigenvalue weighted by Crippen LogP contribution is -2.27. The molecule has 124 valence electrons. The number of nitrogens with one attached hydrogen (secondary N) is 2. The number of carbonyl (C=O) groups excluding carboxylic acids is 1. The van der Waals surface area contributed by atoms with E-state index in [2.05, 4.69) is 20.6 Å². The lowest BCUT2D eigenvalue weighted by molar-refractivity contribution is 0.100. The summed E-state index contributed by atoms with van der Waals surface area (Å²) >= 11 is 0. The third-order valence-electron chi connectivity index (χ3n) is 4.50. The molecule has 8 heteroatoms. The molecule has 1 aliphatic carbocycles. The van der Waals surface area contributed by atoms with Gasteiger partial charge in [0.15, 0.2) is 0 Å². The van der Waals surface area contributed by atoms with Crippen LogP contribution in [0.15, 0.2) is 30.9 Å². The van der Waals surface area contributed by atoms with E-state index in [1.54, 1.807) is 16.9 Å². The van der Waals surface area contributed by atoms with Gasteiger partial charge in [-0.15, -0.1) is 0 Å². The van der Waals surface area contributed by atoms with Crippen molar-refractivity contribution in [1.82, 2.24) is 19.8 Å². The molecule has 0 spiro atoms. The van der Waals surface area contributed by atoms with E-state index in [0.29, 0.717) is 17.6 Å². The van der Waals surface area contributed by atoms with E-state index in [-0.39, 0.29) is 11.6 Å². The topological polar surface area (TPSA) is 101 Å². The smallest absolute Gasteiger partial charge is 0.252 e. The van der Waals surface area contributed by atoms with Gasteiger partial charge in [0, 0.05) is 23.5 Å². The average molecular weight is 328 g/mol. The van der Waals surface area contributed by atoms with Gasteiger partial charge in [-0.3, -0.25) is 9.89 Å². The van der Waals surface area contributed by atoms with E-state index in [1.807, 2.05) is 12.3 Å². The number of halogens is 1. The highest BCUT2D eigenvalue weighted by atomic mass is 19.1. The molecule has 0 aromatic carbocycles. The number of fused-ring (bicyclic) bond motifs is 1. The quantitative estimate of drug-likeness (QED) is 0.683. The average Bonchev–Trinajstić information content (AvgIpc) is 3.27. The number of rotatable bonds is 4. The number of amides is 1. The van der Waals surface area contributed by atoms with Crippen LogP contribution in [-0.4, -0.2) is 37.9 Å². The molecule has 3 aromatic heterocycles. The minimum absolute atomic E-state index is 0.262.